The maximum Gasteiger partial charge on any atom is 0.0559 e. The predicted molar refractivity (Wildman–Crippen MR) is 57.1 cm³/mol. The van der Waals surface area contributed by atoms with Crippen molar-refractivity contribution in [2.24, 2.45) is 0 Å². The van der Waals surface area contributed by atoms with Gasteiger partial charge in [0.25, 0.3) is 0 Å². The Labute approximate surface area is 82.4 Å². The molecule has 0 bridgehead atoms. The Kier molecular flexibility index (Phi) is 8.40. The first kappa shape index (κ1) is 12.9. The average Bonchev–Trinajstić information content (AvgIpc) is 2.08. The Balaban J connectivity index is 3.12. The molecular weight excluding hydrogens is 164 g/mol. The lowest BCUT2D eigenvalue weighted by atomic mass is 10.3. The highest BCUT2D eigenvalue weighted by Crippen LogP contribution is 1.97. The van der Waals surface area contributed by atoms with Gasteiger partial charge in [-0.05, 0) is 54.0 Å². The maximum atomic E-state index is 5.63. The highest BCUT2D eigenvalue weighted by molar-refractivity contribution is 4.52. The number of ether oxygens (including phenoxy) is 1. The lowest BCUT2D eigenvalue weighted by Crippen LogP contribution is -2.20. The van der Waals surface area contributed by atoms with Crippen LogP contribution in [0, 0.1) is 0 Å². The fraction of sp³-hybridized carbons (Fsp3) is 1.00. The lowest BCUT2D eigenvalue weighted by Gasteiger charge is -2.14. The van der Waals surface area contributed by atoms with Crippen LogP contribution in [0.3, 0.4) is 0 Å². The molecule has 0 radical (unpaired) electrons. The number of nitrogens with one attached hydrogen (secondary N) is 1. The Morgan fingerprint density at radius 1 is 1.38 bits per heavy atom. The lowest BCUT2D eigenvalue weighted by molar-refractivity contribution is 0.0561. The van der Waals surface area contributed by atoms with Crippen molar-refractivity contribution in [3.8, 4) is 0 Å². The first-order valence-corrected chi connectivity index (χ1v) is 5.07. The molecule has 0 amide bonds. The van der Waals surface area contributed by atoms with Gasteiger partial charge >= 0.3 is 0 Å². The molecule has 0 aromatic carbocycles. The van der Waals surface area contributed by atoms with E-state index in [1.54, 1.807) is 0 Å². The van der Waals surface area contributed by atoms with Crippen molar-refractivity contribution in [3.63, 3.8) is 0 Å². The Hall–Kier alpha value is -0.120. The minimum Gasteiger partial charge on any atom is -0.378 e. The Bertz CT molecular complexity index is 107. The average molecular weight is 188 g/mol. The van der Waals surface area contributed by atoms with Crippen LogP contribution in [0.2, 0.25) is 0 Å². The smallest absolute Gasteiger partial charge is 0.0559 e. The second kappa shape index (κ2) is 8.48. The van der Waals surface area contributed by atoms with Crippen molar-refractivity contribution >= 4 is 0 Å². The largest absolute Gasteiger partial charge is 0.378 e. The quantitative estimate of drug-likeness (QED) is 0.574. The van der Waals surface area contributed by atoms with E-state index in [-0.39, 0.29) is 0 Å². The Morgan fingerprint density at radius 3 is 2.62 bits per heavy atom. The summed E-state index contributed by atoms with van der Waals surface area (Å²) in [6.07, 6.45) is 2.60. The van der Waals surface area contributed by atoms with Crippen LogP contribution in [0.25, 0.3) is 0 Å². The summed E-state index contributed by atoms with van der Waals surface area (Å²) < 4.78 is 5.63. The van der Waals surface area contributed by atoms with Crippen molar-refractivity contribution in [1.82, 2.24) is 10.2 Å². The van der Waals surface area contributed by atoms with Gasteiger partial charge in [-0.2, -0.15) is 0 Å². The van der Waals surface area contributed by atoms with Crippen molar-refractivity contribution in [3.05, 3.63) is 0 Å². The van der Waals surface area contributed by atoms with Gasteiger partial charge in [0.05, 0.1) is 6.10 Å². The number of rotatable bonds is 8. The van der Waals surface area contributed by atoms with E-state index < -0.39 is 0 Å². The van der Waals surface area contributed by atoms with E-state index in [0.29, 0.717) is 6.10 Å². The molecule has 13 heavy (non-hydrogen) atoms. The second-order valence-electron chi connectivity index (χ2n) is 3.73. The van der Waals surface area contributed by atoms with Gasteiger partial charge in [0.15, 0.2) is 0 Å². The van der Waals surface area contributed by atoms with Crippen LogP contribution in [-0.2, 0) is 4.74 Å². The van der Waals surface area contributed by atoms with Crippen molar-refractivity contribution in [2.75, 3.05) is 40.8 Å². The summed E-state index contributed by atoms with van der Waals surface area (Å²) in [7, 11) is 6.15. The molecule has 3 nitrogen and oxygen atoms in total. The highest BCUT2D eigenvalue weighted by Gasteiger charge is 2.00. The zero-order chi connectivity index (χ0) is 10.1. The molecule has 80 valence electrons. The summed E-state index contributed by atoms with van der Waals surface area (Å²) in [4.78, 5) is 2.18. The molecule has 0 rings (SSSR count). The first-order chi connectivity index (χ1) is 6.16. The van der Waals surface area contributed by atoms with Gasteiger partial charge in [-0.15, -0.1) is 0 Å². The minimum absolute atomic E-state index is 0.384. The molecule has 0 heterocycles. The van der Waals surface area contributed by atoms with Crippen LogP contribution in [-0.4, -0.2) is 51.8 Å². The van der Waals surface area contributed by atoms with Crippen molar-refractivity contribution < 1.29 is 4.74 Å². The standard InChI is InChI=1S/C10H24N2O/c1-10(6-7-11-2)13-9-5-8-12(3)4/h10-11H,5-9H2,1-4H3. The molecule has 0 aromatic rings. The van der Waals surface area contributed by atoms with Crippen LogP contribution in [0.15, 0.2) is 0 Å². The third kappa shape index (κ3) is 9.80. The van der Waals surface area contributed by atoms with Crippen LogP contribution >= 0.6 is 0 Å². The van der Waals surface area contributed by atoms with Crippen molar-refractivity contribution in [1.29, 1.82) is 0 Å². The van der Waals surface area contributed by atoms with E-state index in [2.05, 4.69) is 31.2 Å². The van der Waals surface area contributed by atoms with Gasteiger partial charge in [-0.1, -0.05) is 0 Å². The molecule has 3 heteroatoms. The number of hydrogen-bond donors (Lipinski definition) is 1. The fourth-order valence-corrected chi connectivity index (χ4v) is 1.10. The van der Waals surface area contributed by atoms with Gasteiger partial charge in [0.1, 0.15) is 0 Å². The van der Waals surface area contributed by atoms with E-state index in [4.69, 9.17) is 4.74 Å². The zero-order valence-electron chi connectivity index (χ0n) is 9.47. The summed E-state index contributed by atoms with van der Waals surface area (Å²) in [6.45, 7) is 5.16. The van der Waals surface area contributed by atoms with Crippen LogP contribution in [0.5, 0.6) is 0 Å². The fourth-order valence-electron chi connectivity index (χ4n) is 1.10. The van der Waals surface area contributed by atoms with E-state index in [1.165, 1.54) is 0 Å². The normalized spacial score (nSPS) is 13.6. The van der Waals surface area contributed by atoms with E-state index in [9.17, 15) is 0 Å². The van der Waals surface area contributed by atoms with Gasteiger partial charge in [-0.3, -0.25) is 0 Å². The molecule has 1 unspecified atom stereocenters. The molecule has 0 spiro atoms. The van der Waals surface area contributed by atoms with E-state index >= 15 is 0 Å². The Morgan fingerprint density at radius 2 is 2.08 bits per heavy atom. The summed E-state index contributed by atoms with van der Waals surface area (Å²) >= 11 is 0. The SMILES string of the molecule is CNCCC(C)OCCCN(C)C. The van der Waals surface area contributed by atoms with Gasteiger partial charge < -0.3 is 15.0 Å². The summed E-state index contributed by atoms with van der Waals surface area (Å²) in [5.74, 6) is 0. The zero-order valence-corrected chi connectivity index (χ0v) is 9.47. The molecule has 0 fully saturated rings. The molecule has 1 N–H and O–H groups in total. The molecule has 0 saturated carbocycles. The molecule has 0 aliphatic carbocycles. The van der Waals surface area contributed by atoms with Gasteiger partial charge in [-0.25, -0.2) is 0 Å². The van der Waals surface area contributed by atoms with E-state index in [1.807, 2.05) is 7.05 Å². The third-order valence-corrected chi connectivity index (χ3v) is 1.95. The van der Waals surface area contributed by atoms with E-state index in [0.717, 1.165) is 32.5 Å². The first-order valence-electron chi connectivity index (χ1n) is 5.07. The number of nitrogens with zero attached hydrogens (tertiary/aromatic N) is 1. The molecular formula is C10H24N2O. The van der Waals surface area contributed by atoms with Crippen molar-refractivity contribution in [2.45, 2.75) is 25.9 Å². The summed E-state index contributed by atoms with van der Waals surface area (Å²) in [5, 5.41) is 3.12. The second-order valence-corrected chi connectivity index (χ2v) is 3.73. The highest BCUT2D eigenvalue weighted by atomic mass is 16.5. The van der Waals surface area contributed by atoms with Gasteiger partial charge in [0, 0.05) is 6.61 Å². The molecule has 0 saturated heterocycles. The monoisotopic (exact) mass is 188 g/mol. The van der Waals surface area contributed by atoms with Crippen LogP contribution < -0.4 is 5.32 Å². The molecule has 0 aliphatic heterocycles. The molecule has 1 atom stereocenters. The summed E-state index contributed by atoms with van der Waals surface area (Å²) in [6, 6.07) is 0. The minimum atomic E-state index is 0.384. The van der Waals surface area contributed by atoms with Crippen LogP contribution in [0.4, 0.5) is 0 Å². The topological polar surface area (TPSA) is 24.5 Å². The third-order valence-electron chi connectivity index (χ3n) is 1.95. The molecule has 0 aromatic heterocycles. The maximum absolute atomic E-state index is 5.63. The molecule has 0 aliphatic rings. The van der Waals surface area contributed by atoms with Gasteiger partial charge in [0.2, 0.25) is 0 Å². The predicted octanol–water partition coefficient (Wildman–Crippen LogP) is 0.953. The summed E-state index contributed by atoms with van der Waals surface area (Å²) in [5.41, 5.74) is 0. The van der Waals surface area contributed by atoms with Crippen LogP contribution in [0.1, 0.15) is 19.8 Å². The number of hydrogen-bond acceptors (Lipinski definition) is 3.